The van der Waals surface area contributed by atoms with Gasteiger partial charge in [-0.3, -0.25) is 4.68 Å². The third-order valence-electron chi connectivity index (χ3n) is 2.78. The van der Waals surface area contributed by atoms with E-state index in [0.29, 0.717) is 19.5 Å². The van der Waals surface area contributed by atoms with Crippen molar-refractivity contribution in [2.45, 2.75) is 26.4 Å². The van der Waals surface area contributed by atoms with Gasteiger partial charge in [0.05, 0.1) is 12.7 Å². The van der Waals surface area contributed by atoms with Crippen LogP contribution in [0.2, 0.25) is 0 Å². The Morgan fingerprint density at radius 3 is 3.05 bits per heavy atom. The third kappa shape index (κ3) is 3.78. The molecule has 0 radical (unpaired) electrons. The molecule has 0 bridgehead atoms. The Balaban J connectivity index is 1.95. The van der Waals surface area contributed by atoms with Crippen molar-refractivity contribution in [1.29, 1.82) is 0 Å². The van der Waals surface area contributed by atoms with Crippen molar-refractivity contribution in [1.82, 2.24) is 15.0 Å². The topological polar surface area (TPSA) is 63.0 Å². The van der Waals surface area contributed by atoms with Crippen LogP contribution in [0.1, 0.15) is 17.7 Å². The zero-order chi connectivity index (χ0) is 13.7. The molecule has 1 heterocycles. The fraction of sp³-hybridized carbons (Fsp3) is 0.385. The number of hydrogen-bond acceptors (Lipinski definition) is 4. The van der Waals surface area contributed by atoms with Gasteiger partial charge in [-0.2, -0.15) is 0 Å². The molecule has 0 aliphatic heterocycles. The minimum atomic E-state index is 0.170. The predicted molar refractivity (Wildman–Crippen MR) is 77.9 cm³/mol. The number of halogens is 1. The van der Waals surface area contributed by atoms with Crippen LogP contribution in [-0.2, 0) is 13.1 Å². The molecule has 0 spiro atoms. The van der Waals surface area contributed by atoms with Gasteiger partial charge < -0.3 is 10.4 Å². The number of nitrogens with one attached hydrogen (secondary N) is 1. The van der Waals surface area contributed by atoms with Gasteiger partial charge in [0.1, 0.15) is 5.69 Å². The van der Waals surface area contributed by atoms with Gasteiger partial charge in [-0.25, -0.2) is 0 Å². The third-order valence-corrected chi connectivity index (χ3v) is 3.84. The van der Waals surface area contributed by atoms with E-state index in [9.17, 15) is 0 Å². The summed E-state index contributed by atoms with van der Waals surface area (Å²) in [5.41, 5.74) is 3.12. The Morgan fingerprint density at radius 1 is 1.42 bits per heavy atom. The van der Waals surface area contributed by atoms with Gasteiger partial charge >= 0.3 is 0 Å². The first-order chi connectivity index (χ1) is 9.20. The van der Waals surface area contributed by atoms with Crippen LogP contribution in [0, 0.1) is 6.92 Å². The Bertz CT molecular complexity index is 541. The molecular weight excluding hydrogens is 308 g/mol. The van der Waals surface area contributed by atoms with E-state index in [1.807, 2.05) is 18.3 Å². The lowest BCUT2D eigenvalue weighted by Crippen LogP contribution is -2.01. The molecule has 6 heteroatoms. The summed E-state index contributed by atoms with van der Waals surface area (Å²) in [6.07, 6.45) is 2.59. The van der Waals surface area contributed by atoms with Gasteiger partial charge in [-0.15, -0.1) is 5.10 Å². The van der Waals surface area contributed by atoms with Crippen LogP contribution in [0.15, 0.2) is 28.9 Å². The second-order valence-corrected chi connectivity index (χ2v) is 5.13. The van der Waals surface area contributed by atoms with Crippen LogP contribution < -0.4 is 5.32 Å². The minimum absolute atomic E-state index is 0.170. The Kier molecular flexibility index (Phi) is 4.93. The smallest absolute Gasteiger partial charge is 0.102 e. The van der Waals surface area contributed by atoms with E-state index >= 15 is 0 Å². The number of aromatic nitrogens is 3. The molecule has 0 amide bonds. The molecule has 0 saturated carbocycles. The number of benzene rings is 1. The highest BCUT2D eigenvalue weighted by Crippen LogP contribution is 2.25. The van der Waals surface area contributed by atoms with Crippen LogP contribution in [0.5, 0.6) is 0 Å². The first kappa shape index (κ1) is 14.0. The van der Waals surface area contributed by atoms with Gasteiger partial charge in [0.2, 0.25) is 0 Å². The summed E-state index contributed by atoms with van der Waals surface area (Å²) in [6.45, 7) is 3.54. The normalized spacial score (nSPS) is 10.7. The SMILES string of the molecule is Cc1cccc(NCc2cn(CCCO)nn2)c1Br. The van der Waals surface area contributed by atoms with Gasteiger partial charge in [0.15, 0.2) is 0 Å². The second kappa shape index (κ2) is 6.68. The fourth-order valence-corrected chi connectivity index (χ4v) is 2.14. The number of aliphatic hydroxyl groups is 1. The summed E-state index contributed by atoms with van der Waals surface area (Å²) in [6, 6.07) is 6.09. The maximum Gasteiger partial charge on any atom is 0.102 e. The summed E-state index contributed by atoms with van der Waals surface area (Å²) >= 11 is 3.56. The number of nitrogens with zero attached hydrogens (tertiary/aromatic N) is 3. The van der Waals surface area contributed by atoms with Crippen molar-refractivity contribution in [2.24, 2.45) is 0 Å². The quantitative estimate of drug-likeness (QED) is 0.856. The van der Waals surface area contributed by atoms with Crippen molar-refractivity contribution >= 4 is 21.6 Å². The van der Waals surface area contributed by atoms with E-state index in [4.69, 9.17) is 5.11 Å². The molecule has 0 unspecified atom stereocenters. The number of aryl methyl sites for hydroxylation is 2. The van der Waals surface area contributed by atoms with Crippen molar-refractivity contribution in [3.05, 3.63) is 40.1 Å². The summed E-state index contributed by atoms with van der Waals surface area (Å²) in [5, 5.41) is 20.2. The van der Waals surface area contributed by atoms with Gasteiger partial charge in [0.25, 0.3) is 0 Å². The number of rotatable bonds is 6. The molecule has 0 saturated heterocycles. The van der Waals surface area contributed by atoms with E-state index < -0.39 is 0 Å². The fourth-order valence-electron chi connectivity index (χ4n) is 1.73. The molecule has 102 valence electrons. The molecule has 0 aliphatic carbocycles. The second-order valence-electron chi connectivity index (χ2n) is 4.34. The van der Waals surface area contributed by atoms with Crippen molar-refractivity contribution in [3.8, 4) is 0 Å². The molecule has 1 aromatic carbocycles. The van der Waals surface area contributed by atoms with Crippen LogP contribution >= 0.6 is 15.9 Å². The maximum atomic E-state index is 8.76. The predicted octanol–water partition coefficient (Wildman–Crippen LogP) is 2.34. The molecular formula is C13H17BrN4O. The standard InChI is InChI=1S/C13H17BrN4O/c1-10-4-2-5-12(13(10)14)15-8-11-9-18(17-16-11)6-3-7-19/h2,4-5,9,15,19H,3,6-8H2,1H3. The number of aliphatic hydroxyl groups excluding tert-OH is 1. The van der Waals surface area contributed by atoms with Gasteiger partial charge in [-0.1, -0.05) is 17.3 Å². The van der Waals surface area contributed by atoms with E-state index in [1.54, 1.807) is 4.68 Å². The van der Waals surface area contributed by atoms with Gasteiger partial charge in [0, 0.05) is 23.3 Å². The Hall–Kier alpha value is -1.40. The van der Waals surface area contributed by atoms with E-state index in [0.717, 1.165) is 15.9 Å². The maximum absolute atomic E-state index is 8.76. The lowest BCUT2D eigenvalue weighted by molar-refractivity contribution is 0.276. The molecule has 2 aromatic rings. The Labute approximate surface area is 120 Å². The minimum Gasteiger partial charge on any atom is -0.396 e. The molecule has 1 aromatic heterocycles. The summed E-state index contributed by atoms with van der Waals surface area (Å²) in [4.78, 5) is 0. The lowest BCUT2D eigenvalue weighted by Gasteiger charge is -2.08. The van der Waals surface area contributed by atoms with Crippen LogP contribution in [-0.4, -0.2) is 26.7 Å². The summed E-state index contributed by atoms with van der Waals surface area (Å²) in [5.74, 6) is 0. The van der Waals surface area contributed by atoms with Crippen molar-refractivity contribution in [2.75, 3.05) is 11.9 Å². The van der Waals surface area contributed by atoms with E-state index in [2.05, 4.69) is 44.5 Å². The summed E-state index contributed by atoms with van der Waals surface area (Å²) in [7, 11) is 0. The molecule has 0 atom stereocenters. The lowest BCUT2D eigenvalue weighted by atomic mass is 10.2. The molecule has 0 aliphatic rings. The zero-order valence-corrected chi connectivity index (χ0v) is 12.4. The van der Waals surface area contributed by atoms with Crippen LogP contribution in [0.25, 0.3) is 0 Å². The molecule has 19 heavy (non-hydrogen) atoms. The van der Waals surface area contributed by atoms with Crippen molar-refractivity contribution in [3.63, 3.8) is 0 Å². The molecule has 0 fully saturated rings. The number of hydrogen-bond donors (Lipinski definition) is 2. The van der Waals surface area contributed by atoms with E-state index in [-0.39, 0.29) is 6.61 Å². The summed E-state index contributed by atoms with van der Waals surface area (Å²) < 4.78 is 2.82. The monoisotopic (exact) mass is 324 g/mol. The molecule has 5 nitrogen and oxygen atoms in total. The largest absolute Gasteiger partial charge is 0.396 e. The first-order valence-electron chi connectivity index (χ1n) is 6.19. The van der Waals surface area contributed by atoms with Crippen LogP contribution in [0.3, 0.4) is 0 Å². The highest BCUT2D eigenvalue weighted by molar-refractivity contribution is 9.10. The zero-order valence-electron chi connectivity index (χ0n) is 10.8. The molecule has 2 N–H and O–H groups in total. The number of anilines is 1. The van der Waals surface area contributed by atoms with Crippen LogP contribution in [0.4, 0.5) is 5.69 Å². The Morgan fingerprint density at radius 2 is 2.26 bits per heavy atom. The van der Waals surface area contributed by atoms with Crippen molar-refractivity contribution < 1.29 is 5.11 Å². The molecule has 2 rings (SSSR count). The average Bonchev–Trinajstić information content (AvgIpc) is 2.86. The first-order valence-corrected chi connectivity index (χ1v) is 6.99. The van der Waals surface area contributed by atoms with Gasteiger partial charge in [-0.05, 0) is 40.9 Å². The van der Waals surface area contributed by atoms with E-state index in [1.165, 1.54) is 5.56 Å². The highest BCUT2D eigenvalue weighted by Gasteiger charge is 2.04. The average molecular weight is 325 g/mol. The highest BCUT2D eigenvalue weighted by atomic mass is 79.9.